The molecule has 5 atom stereocenters. The van der Waals surface area contributed by atoms with Crippen LogP contribution in [0.1, 0.15) is 12.8 Å². The maximum Gasteiger partial charge on any atom is 0.0896 e. The van der Waals surface area contributed by atoms with E-state index in [9.17, 15) is 0 Å². The summed E-state index contributed by atoms with van der Waals surface area (Å²) in [4.78, 5) is 0. The van der Waals surface area contributed by atoms with Gasteiger partial charge in [-0.1, -0.05) is 18.2 Å². The number of fused-ring (bicyclic) bond motifs is 2. The van der Waals surface area contributed by atoms with Crippen molar-refractivity contribution in [2.45, 2.75) is 31.2 Å². The molecule has 2 rings (SSSR count). The first-order chi connectivity index (χ1) is 9.31. The van der Waals surface area contributed by atoms with Gasteiger partial charge in [-0.15, -0.1) is 19.7 Å². The van der Waals surface area contributed by atoms with Gasteiger partial charge in [0, 0.05) is 5.92 Å². The van der Waals surface area contributed by atoms with Crippen LogP contribution in [-0.2, 0) is 14.2 Å². The zero-order valence-corrected chi connectivity index (χ0v) is 11.5. The monoisotopic (exact) mass is 264 g/mol. The standard InChI is InChI=1S/C16H24O3/c1-4-7-17-14-11-12-10-13(14)16(19-9-6-3)15(12)18-8-5-2/h4-6,12-16H,1-3,7-11H2. The van der Waals surface area contributed by atoms with Gasteiger partial charge < -0.3 is 14.2 Å². The van der Waals surface area contributed by atoms with Crippen LogP contribution in [0.15, 0.2) is 38.0 Å². The van der Waals surface area contributed by atoms with E-state index in [1.165, 1.54) is 0 Å². The minimum atomic E-state index is 0.117. The second-order valence-electron chi connectivity index (χ2n) is 5.23. The molecular formula is C16H24O3. The average molecular weight is 264 g/mol. The molecule has 0 amide bonds. The molecule has 3 nitrogen and oxygen atoms in total. The molecule has 0 aromatic heterocycles. The molecule has 106 valence electrons. The first-order valence-electron chi connectivity index (χ1n) is 6.99. The lowest BCUT2D eigenvalue weighted by Crippen LogP contribution is -2.43. The normalized spacial score (nSPS) is 36.3. The summed E-state index contributed by atoms with van der Waals surface area (Å²) in [6.07, 6.45) is 8.15. The molecule has 2 fully saturated rings. The van der Waals surface area contributed by atoms with Gasteiger partial charge in [-0.25, -0.2) is 0 Å². The first kappa shape index (κ1) is 14.5. The first-order valence-corrected chi connectivity index (χ1v) is 6.99. The molecule has 2 aliphatic rings. The van der Waals surface area contributed by atoms with Crippen molar-refractivity contribution < 1.29 is 14.2 Å². The Labute approximate surface area is 115 Å². The molecule has 0 aliphatic heterocycles. The molecule has 3 heteroatoms. The lowest BCUT2D eigenvalue weighted by molar-refractivity contribution is -0.120. The zero-order valence-electron chi connectivity index (χ0n) is 11.5. The second-order valence-corrected chi connectivity index (χ2v) is 5.23. The minimum Gasteiger partial charge on any atom is -0.374 e. The second kappa shape index (κ2) is 7.04. The van der Waals surface area contributed by atoms with Gasteiger partial charge in [0.25, 0.3) is 0 Å². The Bertz CT molecular complexity index is 326. The summed E-state index contributed by atoms with van der Waals surface area (Å²) < 4.78 is 17.7. The van der Waals surface area contributed by atoms with Crippen LogP contribution in [0.5, 0.6) is 0 Å². The van der Waals surface area contributed by atoms with E-state index in [0.29, 0.717) is 31.7 Å². The number of hydrogen-bond donors (Lipinski definition) is 0. The van der Waals surface area contributed by atoms with Gasteiger partial charge in [-0.3, -0.25) is 0 Å². The SMILES string of the molecule is C=CCOC1CC2CC1C(OCC=C)C2OCC=C. The fourth-order valence-corrected chi connectivity index (χ4v) is 3.39. The summed E-state index contributed by atoms with van der Waals surface area (Å²) in [5, 5.41) is 0. The maximum absolute atomic E-state index is 5.92. The smallest absolute Gasteiger partial charge is 0.0896 e. The van der Waals surface area contributed by atoms with Gasteiger partial charge in [0.15, 0.2) is 0 Å². The van der Waals surface area contributed by atoms with E-state index < -0.39 is 0 Å². The highest BCUT2D eigenvalue weighted by molar-refractivity contribution is 5.04. The van der Waals surface area contributed by atoms with Gasteiger partial charge >= 0.3 is 0 Å². The van der Waals surface area contributed by atoms with Crippen molar-refractivity contribution in [3.05, 3.63) is 38.0 Å². The molecule has 0 N–H and O–H groups in total. The Morgan fingerprint density at radius 1 is 0.789 bits per heavy atom. The van der Waals surface area contributed by atoms with Gasteiger partial charge in [0.05, 0.1) is 38.1 Å². The Kier molecular flexibility index (Phi) is 5.37. The highest BCUT2D eigenvalue weighted by Gasteiger charge is 2.54. The molecule has 0 aromatic carbocycles. The van der Waals surface area contributed by atoms with E-state index in [4.69, 9.17) is 14.2 Å². The highest BCUT2D eigenvalue weighted by Crippen LogP contribution is 2.48. The molecule has 0 aromatic rings. The van der Waals surface area contributed by atoms with Crippen molar-refractivity contribution in [2.75, 3.05) is 19.8 Å². The van der Waals surface area contributed by atoms with Crippen molar-refractivity contribution in [3.8, 4) is 0 Å². The molecule has 19 heavy (non-hydrogen) atoms. The summed E-state index contributed by atoms with van der Waals surface area (Å²) in [5.74, 6) is 0.967. The van der Waals surface area contributed by atoms with E-state index in [2.05, 4.69) is 19.7 Å². The van der Waals surface area contributed by atoms with Crippen LogP contribution in [0.4, 0.5) is 0 Å². The van der Waals surface area contributed by atoms with Crippen molar-refractivity contribution in [3.63, 3.8) is 0 Å². The summed E-state index contributed by atoms with van der Waals surface area (Å²) >= 11 is 0. The van der Waals surface area contributed by atoms with Crippen molar-refractivity contribution >= 4 is 0 Å². The molecular weight excluding hydrogens is 240 g/mol. The third-order valence-electron chi connectivity index (χ3n) is 4.04. The van der Waals surface area contributed by atoms with E-state index in [1.807, 2.05) is 0 Å². The number of ether oxygens (including phenoxy) is 3. The van der Waals surface area contributed by atoms with Crippen LogP contribution in [0, 0.1) is 11.8 Å². The summed E-state index contributed by atoms with van der Waals surface area (Å²) in [7, 11) is 0. The topological polar surface area (TPSA) is 27.7 Å². The quantitative estimate of drug-likeness (QED) is 0.599. The van der Waals surface area contributed by atoms with Crippen molar-refractivity contribution in [1.82, 2.24) is 0 Å². The minimum absolute atomic E-state index is 0.117. The molecule has 0 radical (unpaired) electrons. The molecule has 0 heterocycles. The fraction of sp³-hybridized carbons (Fsp3) is 0.625. The van der Waals surface area contributed by atoms with Crippen LogP contribution < -0.4 is 0 Å². The Morgan fingerprint density at radius 2 is 1.37 bits per heavy atom. The van der Waals surface area contributed by atoms with E-state index in [-0.39, 0.29) is 18.3 Å². The molecule has 0 spiro atoms. The third-order valence-corrected chi connectivity index (χ3v) is 4.04. The largest absolute Gasteiger partial charge is 0.374 e. The Morgan fingerprint density at radius 3 is 2.00 bits per heavy atom. The fourth-order valence-electron chi connectivity index (χ4n) is 3.39. The summed E-state index contributed by atoms with van der Waals surface area (Å²) in [6.45, 7) is 12.9. The molecule has 5 unspecified atom stereocenters. The average Bonchev–Trinajstić information content (AvgIpc) is 2.98. The zero-order chi connectivity index (χ0) is 13.7. The van der Waals surface area contributed by atoms with Crippen molar-refractivity contribution in [2.24, 2.45) is 11.8 Å². The van der Waals surface area contributed by atoms with Crippen LogP contribution in [0.3, 0.4) is 0 Å². The van der Waals surface area contributed by atoms with Gasteiger partial charge in [-0.2, -0.15) is 0 Å². The third kappa shape index (κ3) is 3.16. The maximum atomic E-state index is 5.92. The lowest BCUT2D eigenvalue weighted by Gasteiger charge is -2.35. The predicted molar refractivity (Wildman–Crippen MR) is 76.0 cm³/mol. The number of hydrogen-bond acceptors (Lipinski definition) is 3. The predicted octanol–water partition coefficient (Wildman–Crippen LogP) is 2.74. The summed E-state index contributed by atoms with van der Waals surface area (Å²) in [6, 6.07) is 0. The lowest BCUT2D eigenvalue weighted by atomic mass is 9.92. The summed E-state index contributed by atoms with van der Waals surface area (Å²) in [5.41, 5.74) is 0. The van der Waals surface area contributed by atoms with Crippen LogP contribution in [0.25, 0.3) is 0 Å². The molecule has 2 saturated carbocycles. The van der Waals surface area contributed by atoms with Crippen molar-refractivity contribution in [1.29, 1.82) is 0 Å². The molecule has 0 saturated heterocycles. The molecule has 2 bridgehead atoms. The Hall–Kier alpha value is -0.900. The van der Waals surface area contributed by atoms with Gasteiger partial charge in [0.1, 0.15) is 0 Å². The van der Waals surface area contributed by atoms with Gasteiger partial charge in [0.2, 0.25) is 0 Å². The van der Waals surface area contributed by atoms with Gasteiger partial charge in [-0.05, 0) is 18.8 Å². The van der Waals surface area contributed by atoms with Crippen LogP contribution in [0.2, 0.25) is 0 Å². The number of rotatable bonds is 9. The van der Waals surface area contributed by atoms with E-state index in [0.717, 1.165) is 12.8 Å². The van der Waals surface area contributed by atoms with E-state index >= 15 is 0 Å². The van der Waals surface area contributed by atoms with Crippen LogP contribution in [-0.4, -0.2) is 38.1 Å². The van der Waals surface area contributed by atoms with Crippen LogP contribution >= 0.6 is 0 Å². The molecule has 2 aliphatic carbocycles. The van der Waals surface area contributed by atoms with E-state index in [1.54, 1.807) is 18.2 Å². The Balaban J connectivity index is 1.97. The highest BCUT2D eigenvalue weighted by atomic mass is 16.5.